The van der Waals surface area contributed by atoms with E-state index in [4.69, 9.17) is 0 Å². The van der Waals surface area contributed by atoms with Crippen LogP contribution in [0.15, 0.2) is 10.7 Å². The Bertz CT molecular complexity index is 379. The predicted molar refractivity (Wildman–Crippen MR) is 68.1 cm³/mol. The van der Waals surface area contributed by atoms with E-state index >= 15 is 0 Å². The van der Waals surface area contributed by atoms with Crippen molar-refractivity contribution < 1.29 is 9.59 Å². The number of carbonyl (C=O) groups is 2. The van der Waals surface area contributed by atoms with E-state index in [-0.39, 0.29) is 23.4 Å². The lowest BCUT2D eigenvalue weighted by Gasteiger charge is -2.19. The van der Waals surface area contributed by atoms with E-state index in [0.29, 0.717) is 0 Å². The van der Waals surface area contributed by atoms with Crippen molar-refractivity contribution in [1.29, 1.82) is 0 Å². The van der Waals surface area contributed by atoms with Crippen molar-refractivity contribution in [2.24, 2.45) is 5.92 Å². The van der Waals surface area contributed by atoms with Gasteiger partial charge in [0.15, 0.2) is 10.1 Å². The van der Waals surface area contributed by atoms with E-state index in [1.54, 1.807) is 0 Å². The predicted octanol–water partition coefficient (Wildman–Crippen LogP) is 1.36. The Kier molecular flexibility index (Phi) is 5.57. The van der Waals surface area contributed by atoms with Gasteiger partial charge < -0.3 is 5.32 Å². The number of nitrogens with zero attached hydrogens (tertiary/aromatic N) is 2. The van der Waals surface area contributed by atoms with Crippen LogP contribution < -0.4 is 5.32 Å². The molecule has 0 radical (unpaired) electrons. The Morgan fingerprint density at radius 2 is 2.24 bits per heavy atom. The minimum Gasteiger partial charge on any atom is -0.345 e. The van der Waals surface area contributed by atoms with Crippen molar-refractivity contribution in [3.63, 3.8) is 0 Å². The zero-order valence-electron chi connectivity index (χ0n) is 9.97. The van der Waals surface area contributed by atoms with Gasteiger partial charge in [0.1, 0.15) is 6.33 Å². The summed E-state index contributed by atoms with van der Waals surface area (Å²) >= 11 is 2.57. The largest absolute Gasteiger partial charge is 0.345 e. The van der Waals surface area contributed by atoms with Gasteiger partial charge in [0.25, 0.3) is 0 Å². The standard InChI is InChI=1S/C10H15N3O2S2/c1-6(2)9(7(3)14)13-8(15)4-16-10-11-5-12-17-10/h5-6,9H,4H2,1-3H3,(H,13,15). The molecule has 0 spiro atoms. The number of Topliss-reactive ketones (excluding diaryl/α,β-unsaturated/α-hetero) is 1. The highest BCUT2D eigenvalue weighted by Crippen LogP contribution is 2.17. The van der Waals surface area contributed by atoms with Crippen LogP contribution in [0.5, 0.6) is 0 Å². The summed E-state index contributed by atoms with van der Waals surface area (Å²) in [6.45, 7) is 5.30. The van der Waals surface area contributed by atoms with E-state index in [9.17, 15) is 9.59 Å². The zero-order valence-corrected chi connectivity index (χ0v) is 11.6. The van der Waals surface area contributed by atoms with Crippen molar-refractivity contribution >= 4 is 35.0 Å². The fraction of sp³-hybridized carbons (Fsp3) is 0.600. The second-order valence-electron chi connectivity index (χ2n) is 3.90. The molecule has 0 aliphatic carbocycles. The van der Waals surface area contributed by atoms with Crippen LogP contribution in [-0.2, 0) is 9.59 Å². The van der Waals surface area contributed by atoms with Crippen LogP contribution in [0.25, 0.3) is 0 Å². The molecule has 0 aliphatic rings. The van der Waals surface area contributed by atoms with Crippen molar-refractivity contribution in [2.75, 3.05) is 5.75 Å². The number of hydrogen-bond acceptors (Lipinski definition) is 6. The molecule has 5 nitrogen and oxygen atoms in total. The molecule has 7 heteroatoms. The second-order valence-corrected chi connectivity index (χ2v) is 5.90. The maximum Gasteiger partial charge on any atom is 0.231 e. The number of hydrogen-bond donors (Lipinski definition) is 1. The molecular formula is C10H15N3O2S2. The highest BCUT2D eigenvalue weighted by Gasteiger charge is 2.20. The van der Waals surface area contributed by atoms with Crippen molar-refractivity contribution in [2.45, 2.75) is 31.2 Å². The average Bonchev–Trinajstić information content (AvgIpc) is 2.74. The summed E-state index contributed by atoms with van der Waals surface area (Å²) in [4.78, 5) is 26.9. The third kappa shape index (κ3) is 4.82. The van der Waals surface area contributed by atoms with Gasteiger partial charge in [-0.05, 0) is 24.4 Å². The molecule has 1 heterocycles. The molecule has 1 N–H and O–H groups in total. The Balaban J connectivity index is 2.40. The van der Waals surface area contributed by atoms with Crippen LogP contribution in [-0.4, -0.2) is 32.8 Å². The van der Waals surface area contributed by atoms with Gasteiger partial charge in [0.2, 0.25) is 5.91 Å². The van der Waals surface area contributed by atoms with Gasteiger partial charge in [-0.15, -0.1) is 0 Å². The molecule has 0 saturated heterocycles. The van der Waals surface area contributed by atoms with E-state index < -0.39 is 6.04 Å². The van der Waals surface area contributed by atoms with Gasteiger partial charge in [-0.3, -0.25) is 9.59 Å². The molecule has 1 aromatic rings. The van der Waals surface area contributed by atoms with Gasteiger partial charge in [-0.2, -0.15) is 4.37 Å². The number of ketones is 1. The first-order valence-corrected chi connectivity index (χ1v) is 6.96. The lowest BCUT2D eigenvalue weighted by Crippen LogP contribution is -2.44. The summed E-state index contributed by atoms with van der Waals surface area (Å²) in [5.74, 6) is 0.183. The minimum absolute atomic E-state index is 0.0192. The highest BCUT2D eigenvalue weighted by molar-refractivity contribution is 8.01. The molecule has 0 aliphatic heterocycles. The number of carbonyl (C=O) groups excluding carboxylic acids is 2. The molecule has 0 bridgehead atoms. The molecule has 1 amide bonds. The lowest BCUT2D eigenvalue weighted by molar-refractivity contribution is -0.126. The summed E-state index contributed by atoms with van der Waals surface area (Å²) < 4.78 is 4.60. The van der Waals surface area contributed by atoms with Crippen LogP contribution in [0.1, 0.15) is 20.8 Å². The van der Waals surface area contributed by atoms with Crippen LogP contribution in [0, 0.1) is 5.92 Å². The molecule has 0 fully saturated rings. The van der Waals surface area contributed by atoms with E-state index in [2.05, 4.69) is 14.7 Å². The third-order valence-electron chi connectivity index (χ3n) is 2.09. The molecule has 0 aromatic carbocycles. The Morgan fingerprint density at radius 3 is 2.71 bits per heavy atom. The monoisotopic (exact) mass is 273 g/mol. The molecule has 1 rings (SSSR count). The van der Waals surface area contributed by atoms with Crippen molar-refractivity contribution in [1.82, 2.24) is 14.7 Å². The third-order valence-corrected chi connectivity index (χ3v) is 3.89. The van der Waals surface area contributed by atoms with Crippen molar-refractivity contribution in [3.8, 4) is 0 Å². The first kappa shape index (κ1) is 14.1. The summed E-state index contributed by atoms with van der Waals surface area (Å²) in [5, 5.41) is 2.73. The quantitative estimate of drug-likeness (QED) is 0.792. The van der Waals surface area contributed by atoms with Crippen LogP contribution in [0.2, 0.25) is 0 Å². The molecular weight excluding hydrogens is 258 g/mol. The smallest absolute Gasteiger partial charge is 0.231 e. The fourth-order valence-corrected chi connectivity index (χ4v) is 2.56. The minimum atomic E-state index is -0.405. The maximum absolute atomic E-state index is 11.6. The SMILES string of the molecule is CC(=O)C(NC(=O)CSc1ncns1)C(C)C. The number of rotatable bonds is 6. The first-order valence-electron chi connectivity index (χ1n) is 5.20. The van der Waals surface area contributed by atoms with Crippen molar-refractivity contribution in [3.05, 3.63) is 6.33 Å². The molecule has 1 atom stereocenters. The van der Waals surface area contributed by atoms with Gasteiger partial charge >= 0.3 is 0 Å². The summed E-state index contributed by atoms with van der Waals surface area (Å²) in [5.41, 5.74) is 0. The van der Waals surface area contributed by atoms with Gasteiger partial charge in [-0.25, -0.2) is 4.98 Å². The number of aromatic nitrogens is 2. The Labute approximate surface area is 109 Å². The summed E-state index contributed by atoms with van der Waals surface area (Å²) in [6, 6.07) is -0.405. The number of thioether (sulfide) groups is 1. The highest BCUT2D eigenvalue weighted by atomic mass is 32.2. The van der Waals surface area contributed by atoms with E-state index in [1.807, 2.05) is 13.8 Å². The van der Waals surface area contributed by atoms with E-state index in [1.165, 1.54) is 36.5 Å². The Hall–Kier alpha value is -0.950. The number of nitrogens with one attached hydrogen (secondary N) is 1. The van der Waals surface area contributed by atoms with Gasteiger partial charge in [0.05, 0.1) is 11.8 Å². The fourth-order valence-electron chi connectivity index (χ4n) is 1.31. The lowest BCUT2D eigenvalue weighted by atomic mass is 10.0. The summed E-state index contributed by atoms with van der Waals surface area (Å²) in [6.07, 6.45) is 1.46. The topological polar surface area (TPSA) is 72.0 Å². The van der Waals surface area contributed by atoms with E-state index in [0.717, 1.165) is 4.34 Å². The van der Waals surface area contributed by atoms with Gasteiger partial charge in [0, 0.05) is 0 Å². The summed E-state index contributed by atoms with van der Waals surface area (Å²) in [7, 11) is 0. The Morgan fingerprint density at radius 1 is 1.53 bits per heavy atom. The van der Waals surface area contributed by atoms with Crippen LogP contribution in [0.4, 0.5) is 0 Å². The average molecular weight is 273 g/mol. The molecule has 1 aromatic heterocycles. The first-order chi connectivity index (χ1) is 8.00. The molecule has 0 saturated carbocycles. The normalized spacial score (nSPS) is 12.5. The molecule has 94 valence electrons. The van der Waals surface area contributed by atoms with Crippen LogP contribution >= 0.6 is 23.3 Å². The van der Waals surface area contributed by atoms with Crippen LogP contribution in [0.3, 0.4) is 0 Å². The zero-order chi connectivity index (χ0) is 12.8. The number of amides is 1. The van der Waals surface area contributed by atoms with Gasteiger partial charge in [-0.1, -0.05) is 25.6 Å². The molecule has 1 unspecified atom stereocenters. The second kappa shape index (κ2) is 6.70. The molecule has 17 heavy (non-hydrogen) atoms. The maximum atomic E-state index is 11.6.